The molecule has 0 saturated carbocycles. The van der Waals surface area contributed by atoms with E-state index in [1.165, 1.54) is 11.5 Å². The summed E-state index contributed by atoms with van der Waals surface area (Å²) in [5.41, 5.74) is 0. The zero-order chi connectivity index (χ0) is 5.28. The van der Waals surface area contributed by atoms with Gasteiger partial charge in [-0.25, -0.2) is 4.98 Å². The molecule has 0 aliphatic carbocycles. The van der Waals surface area contributed by atoms with Crippen LogP contribution in [0.4, 0.5) is 0 Å². The average molecular weight is 183 g/mol. The van der Waals surface area contributed by atoms with Crippen LogP contribution < -0.4 is 0 Å². The van der Waals surface area contributed by atoms with Gasteiger partial charge < -0.3 is 0 Å². The molecule has 5 heteroatoms. The minimum absolute atomic E-state index is 0. The zero-order valence-corrected chi connectivity index (χ0v) is 7.24. The van der Waals surface area contributed by atoms with Crippen LogP contribution in [0, 0.1) is 10.9 Å². The number of aromatic amines is 1. The van der Waals surface area contributed by atoms with E-state index in [0.717, 1.165) is 5.82 Å². The predicted molar refractivity (Wildman–Crippen MR) is 32.0 cm³/mol. The summed E-state index contributed by atoms with van der Waals surface area (Å²) in [6.45, 7) is 1.88. The molecule has 0 atom stereocenters. The molecule has 1 rings (SSSR count). The zero-order valence-electron chi connectivity index (χ0n) is 4.21. The van der Waals surface area contributed by atoms with Crippen LogP contribution in [0.3, 0.4) is 0 Å². The molecular formula is C3H4N2S2V. The van der Waals surface area contributed by atoms with E-state index in [2.05, 4.69) is 9.36 Å². The van der Waals surface area contributed by atoms with Crippen LogP contribution >= 0.6 is 23.8 Å². The van der Waals surface area contributed by atoms with E-state index in [1.807, 2.05) is 6.92 Å². The van der Waals surface area contributed by atoms with Crippen molar-refractivity contribution >= 4 is 23.8 Å². The first-order valence-electron chi connectivity index (χ1n) is 1.81. The molecule has 0 aliphatic rings. The Bertz CT molecular complexity index is 203. The maximum absolute atomic E-state index is 4.71. The molecule has 0 aliphatic heterocycles. The molecule has 1 radical (unpaired) electrons. The second-order valence-electron chi connectivity index (χ2n) is 1.17. The third-order valence-corrected chi connectivity index (χ3v) is 1.55. The van der Waals surface area contributed by atoms with Gasteiger partial charge in [0.1, 0.15) is 5.82 Å². The summed E-state index contributed by atoms with van der Waals surface area (Å²) in [6.07, 6.45) is 0. The van der Waals surface area contributed by atoms with E-state index in [0.29, 0.717) is 3.95 Å². The van der Waals surface area contributed by atoms with Crippen LogP contribution in [0.1, 0.15) is 5.82 Å². The Morgan fingerprint density at radius 2 is 2.38 bits per heavy atom. The van der Waals surface area contributed by atoms with Crippen molar-refractivity contribution in [2.75, 3.05) is 0 Å². The van der Waals surface area contributed by atoms with Gasteiger partial charge in [0, 0.05) is 18.6 Å². The molecule has 0 unspecified atom stereocenters. The smallest absolute Gasteiger partial charge is 0.198 e. The van der Waals surface area contributed by atoms with E-state index in [4.69, 9.17) is 12.2 Å². The van der Waals surface area contributed by atoms with Gasteiger partial charge in [0.15, 0.2) is 3.95 Å². The Morgan fingerprint density at radius 3 is 2.50 bits per heavy atom. The summed E-state index contributed by atoms with van der Waals surface area (Å²) in [4.78, 5) is 3.89. The van der Waals surface area contributed by atoms with Crippen LogP contribution in [-0.2, 0) is 18.6 Å². The van der Waals surface area contributed by atoms with E-state index in [-0.39, 0.29) is 18.6 Å². The van der Waals surface area contributed by atoms with Gasteiger partial charge in [-0.3, -0.25) is 4.37 Å². The molecule has 43 valence electrons. The second kappa shape index (κ2) is 3.40. The SMILES string of the molecule is Cc1nc(=S)s[nH]1.[V]. The summed E-state index contributed by atoms with van der Waals surface area (Å²) in [6, 6.07) is 0. The van der Waals surface area contributed by atoms with Gasteiger partial charge in [-0.2, -0.15) is 0 Å². The molecule has 2 nitrogen and oxygen atoms in total. The normalized spacial score (nSPS) is 8.12. The monoisotopic (exact) mass is 183 g/mol. The average Bonchev–Trinajstić information content (AvgIpc) is 1.87. The number of rotatable bonds is 0. The molecule has 1 heterocycles. The molecule has 0 fully saturated rings. The summed E-state index contributed by atoms with van der Waals surface area (Å²) in [5, 5.41) is 0. The fourth-order valence-electron chi connectivity index (χ4n) is 0.300. The molecule has 0 amide bonds. The quantitative estimate of drug-likeness (QED) is 0.617. The van der Waals surface area contributed by atoms with Crippen molar-refractivity contribution in [2.24, 2.45) is 0 Å². The van der Waals surface area contributed by atoms with Gasteiger partial charge in [-0.15, -0.1) is 0 Å². The Morgan fingerprint density at radius 1 is 1.75 bits per heavy atom. The fraction of sp³-hybridized carbons (Fsp3) is 0.333. The maximum atomic E-state index is 4.71. The number of hydrogen-bond acceptors (Lipinski definition) is 3. The van der Waals surface area contributed by atoms with Crippen LogP contribution in [-0.4, -0.2) is 9.36 Å². The molecule has 1 aromatic rings. The van der Waals surface area contributed by atoms with Crippen LogP contribution in [0.15, 0.2) is 0 Å². The van der Waals surface area contributed by atoms with Gasteiger partial charge in [0.05, 0.1) is 0 Å². The van der Waals surface area contributed by atoms with E-state index in [1.54, 1.807) is 0 Å². The molecule has 0 bridgehead atoms. The van der Waals surface area contributed by atoms with Crippen molar-refractivity contribution in [3.05, 3.63) is 9.78 Å². The van der Waals surface area contributed by atoms with Crippen molar-refractivity contribution in [1.29, 1.82) is 0 Å². The summed E-state index contributed by atoms with van der Waals surface area (Å²) in [5.74, 6) is 0.898. The molecule has 1 N–H and O–H groups in total. The van der Waals surface area contributed by atoms with Crippen molar-refractivity contribution in [1.82, 2.24) is 9.36 Å². The van der Waals surface area contributed by atoms with Crippen LogP contribution in [0.5, 0.6) is 0 Å². The first-order valence-corrected chi connectivity index (χ1v) is 3.03. The Kier molecular flexibility index (Phi) is 3.56. The van der Waals surface area contributed by atoms with E-state index < -0.39 is 0 Å². The van der Waals surface area contributed by atoms with E-state index >= 15 is 0 Å². The van der Waals surface area contributed by atoms with Crippen molar-refractivity contribution in [2.45, 2.75) is 6.92 Å². The van der Waals surface area contributed by atoms with Crippen LogP contribution in [0.2, 0.25) is 0 Å². The number of nitrogens with zero attached hydrogens (tertiary/aromatic N) is 1. The van der Waals surface area contributed by atoms with Crippen molar-refractivity contribution in [3.8, 4) is 0 Å². The standard InChI is InChI=1S/C3H4N2S2.V/c1-2-4-3(6)7-5-2;/h1H3,(H,4,5,6);. The molecular weight excluding hydrogens is 179 g/mol. The maximum Gasteiger partial charge on any atom is 0.198 e. The molecule has 0 spiro atoms. The van der Waals surface area contributed by atoms with Crippen LogP contribution in [0.25, 0.3) is 0 Å². The number of hydrogen-bond donors (Lipinski definition) is 1. The summed E-state index contributed by atoms with van der Waals surface area (Å²) >= 11 is 6.09. The van der Waals surface area contributed by atoms with Crippen molar-refractivity contribution in [3.63, 3.8) is 0 Å². The van der Waals surface area contributed by atoms with Crippen molar-refractivity contribution < 1.29 is 18.6 Å². The molecule has 0 aromatic carbocycles. The predicted octanol–water partition coefficient (Wildman–Crippen LogP) is 1.51. The number of nitrogens with one attached hydrogen (secondary N) is 1. The molecule has 1 aromatic heterocycles. The minimum atomic E-state index is 0. The topological polar surface area (TPSA) is 28.7 Å². The summed E-state index contributed by atoms with van der Waals surface area (Å²) in [7, 11) is 0. The minimum Gasteiger partial charge on any atom is -0.297 e. The Balaban J connectivity index is 0.000000490. The molecule has 8 heavy (non-hydrogen) atoms. The third-order valence-electron chi connectivity index (χ3n) is 0.545. The van der Waals surface area contributed by atoms with Gasteiger partial charge in [-0.1, -0.05) is 0 Å². The third kappa shape index (κ3) is 2.09. The number of aryl methyl sites for hydroxylation is 1. The van der Waals surface area contributed by atoms with Gasteiger partial charge in [0.25, 0.3) is 0 Å². The van der Waals surface area contributed by atoms with Gasteiger partial charge in [0.2, 0.25) is 0 Å². The Labute approximate surface area is 68.4 Å². The fourth-order valence-corrected chi connectivity index (χ4v) is 1.03. The largest absolute Gasteiger partial charge is 0.297 e. The van der Waals surface area contributed by atoms with E-state index in [9.17, 15) is 0 Å². The Hall–Kier alpha value is 0.364. The second-order valence-corrected chi connectivity index (χ2v) is 2.61. The summed E-state index contributed by atoms with van der Waals surface area (Å²) < 4.78 is 3.57. The first-order chi connectivity index (χ1) is 3.29. The number of H-pyrrole nitrogens is 1. The van der Waals surface area contributed by atoms with Gasteiger partial charge >= 0.3 is 0 Å². The van der Waals surface area contributed by atoms with Gasteiger partial charge in [-0.05, 0) is 30.7 Å². The first kappa shape index (κ1) is 8.36. The molecule has 0 saturated heterocycles. The number of aromatic nitrogens is 2.